The molecule has 0 amide bonds. The number of anilines is 1. The van der Waals surface area contributed by atoms with Gasteiger partial charge in [-0.2, -0.15) is 5.26 Å². The lowest BCUT2D eigenvalue weighted by atomic mass is 10.2. The van der Waals surface area contributed by atoms with Gasteiger partial charge in [0.1, 0.15) is 11.8 Å². The van der Waals surface area contributed by atoms with E-state index < -0.39 is 0 Å². The maximum absolute atomic E-state index is 9.13. The molecule has 0 aromatic carbocycles. The molecule has 2 aliphatic heterocycles. The first-order valence-corrected chi connectivity index (χ1v) is 7.97. The number of ether oxygens (including phenoxy) is 1. The molecule has 0 bridgehead atoms. The second kappa shape index (κ2) is 6.59. The van der Waals surface area contributed by atoms with Gasteiger partial charge >= 0.3 is 0 Å². The van der Waals surface area contributed by atoms with Gasteiger partial charge < -0.3 is 14.5 Å². The summed E-state index contributed by atoms with van der Waals surface area (Å²) < 4.78 is 5.56. The first-order valence-electron chi connectivity index (χ1n) is 7.97. The lowest BCUT2D eigenvalue weighted by Gasteiger charge is -2.28. The van der Waals surface area contributed by atoms with Crippen molar-refractivity contribution < 1.29 is 4.74 Å². The number of hydrogen-bond acceptors (Lipinski definition) is 6. The van der Waals surface area contributed by atoms with Crippen LogP contribution in [0.15, 0.2) is 6.07 Å². The van der Waals surface area contributed by atoms with Crippen molar-refractivity contribution in [1.29, 1.82) is 5.26 Å². The van der Waals surface area contributed by atoms with Gasteiger partial charge in [0.2, 0.25) is 5.95 Å². The molecule has 2 aliphatic rings. The fourth-order valence-electron chi connectivity index (χ4n) is 3.46. The first-order chi connectivity index (χ1) is 10.7. The molecule has 2 saturated heterocycles. The topological polar surface area (TPSA) is 65.3 Å². The van der Waals surface area contributed by atoms with Crippen molar-refractivity contribution in [1.82, 2.24) is 14.9 Å². The molecule has 0 spiro atoms. The van der Waals surface area contributed by atoms with Gasteiger partial charge in [0.25, 0.3) is 0 Å². The van der Waals surface area contributed by atoms with Crippen LogP contribution in [0.2, 0.25) is 0 Å². The van der Waals surface area contributed by atoms with Crippen molar-refractivity contribution in [2.24, 2.45) is 0 Å². The monoisotopic (exact) mass is 301 g/mol. The Kier molecular flexibility index (Phi) is 4.55. The minimum atomic E-state index is 0.210. The molecule has 6 nitrogen and oxygen atoms in total. The molecule has 0 unspecified atom stereocenters. The zero-order chi connectivity index (χ0) is 15.5. The van der Waals surface area contributed by atoms with Gasteiger partial charge in [-0.1, -0.05) is 0 Å². The van der Waals surface area contributed by atoms with Crippen molar-refractivity contribution in [2.75, 3.05) is 38.2 Å². The van der Waals surface area contributed by atoms with Crippen LogP contribution in [-0.4, -0.2) is 60.3 Å². The summed E-state index contributed by atoms with van der Waals surface area (Å²) in [5, 5.41) is 9.13. The Hall–Kier alpha value is -1.71. The fourth-order valence-corrected chi connectivity index (χ4v) is 3.46. The van der Waals surface area contributed by atoms with E-state index in [-0.39, 0.29) is 6.10 Å². The molecule has 22 heavy (non-hydrogen) atoms. The molecule has 0 saturated carbocycles. The number of hydrogen-bond donors (Lipinski definition) is 0. The molecule has 0 radical (unpaired) electrons. The Balaban J connectivity index is 1.82. The molecule has 2 atom stereocenters. The SMILES string of the molecule is CO[C@H]1C[C@@H](CN2CCCC2)N(c2nc(C)cc(C#N)n2)C1. The van der Waals surface area contributed by atoms with Gasteiger partial charge in [-0.15, -0.1) is 0 Å². The largest absolute Gasteiger partial charge is 0.380 e. The summed E-state index contributed by atoms with van der Waals surface area (Å²) in [6, 6.07) is 4.21. The third-order valence-electron chi connectivity index (χ3n) is 4.59. The van der Waals surface area contributed by atoms with Crippen LogP contribution in [0.3, 0.4) is 0 Å². The van der Waals surface area contributed by atoms with Gasteiger partial charge in [-0.25, -0.2) is 9.97 Å². The standard InChI is InChI=1S/C16H23N5O/c1-12-7-13(9-17)19-16(18-12)21-11-15(22-2)8-14(21)10-20-5-3-4-6-20/h7,14-15H,3-6,8,10-11H2,1-2H3/t14-,15-/m0/s1. The van der Waals surface area contributed by atoms with Crippen LogP contribution in [0.25, 0.3) is 0 Å². The number of aromatic nitrogens is 2. The highest BCUT2D eigenvalue weighted by atomic mass is 16.5. The normalized spacial score (nSPS) is 25.6. The Morgan fingerprint density at radius 3 is 2.82 bits per heavy atom. The van der Waals surface area contributed by atoms with Crippen LogP contribution in [0, 0.1) is 18.3 Å². The van der Waals surface area contributed by atoms with Gasteiger partial charge in [-0.05, 0) is 45.3 Å². The summed E-state index contributed by atoms with van der Waals surface area (Å²) >= 11 is 0. The van der Waals surface area contributed by atoms with E-state index in [0.717, 1.165) is 25.2 Å². The minimum Gasteiger partial charge on any atom is -0.380 e. The van der Waals surface area contributed by atoms with Gasteiger partial charge in [-0.3, -0.25) is 0 Å². The van der Waals surface area contributed by atoms with Crippen molar-refractivity contribution in [3.05, 3.63) is 17.5 Å². The summed E-state index contributed by atoms with van der Waals surface area (Å²) in [6.45, 7) is 6.09. The number of rotatable bonds is 4. The lowest BCUT2D eigenvalue weighted by molar-refractivity contribution is 0.116. The summed E-state index contributed by atoms with van der Waals surface area (Å²) in [4.78, 5) is 13.7. The molecule has 1 aromatic rings. The smallest absolute Gasteiger partial charge is 0.227 e. The van der Waals surface area contributed by atoms with E-state index in [2.05, 4.69) is 25.8 Å². The van der Waals surface area contributed by atoms with Crippen LogP contribution in [0.1, 0.15) is 30.7 Å². The predicted molar refractivity (Wildman–Crippen MR) is 83.7 cm³/mol. The highest BCUT2D eigenvalue weighted by Gasteiger charge is 2.35. The van der Waals surface area contributed by atoms with Crippen LogP contribution < -0.4 is 4.90 Å². The third kappa shape index (κ3) is 3.21. The summed E-state index contributed by atoms with van der Waals surface area (Å²) in [5.41, 5.74) is 1.27. The van der Waals surface area contributed by atoms with Crippen molar-refractivity contribution in [3.63, 3.8) is 0 Å². The van der Waals surface area contributed by atoms with Crippen molar-refractivity contribution in [2.45, 2.75) is 38.3 Å². The van der Waals surface area contributed by atoms with Gasteiger partial charge in [0, 0.05) is 31.9 Å². The average molecular weight is 301 g/mol. The van der Waals surface area contributed by atoms with E-state index in [9.17, 15) is 0 Å². The number of methoxy groups -OCH3 is 1. The summed E-state index contributed by atoms with van der Waals surface area (Å²) in [7, 11) is 1.76. The Morgan fingerprint density at radius 1 is 1.36 bits per heavy atom. The summed E-state index contributed by atoms with van der Waals surface area (Å²) in [6.07, 6.45) is 3.79. The van der Waals surface area contributed by atoms with Crippen LogP contribution in [0.5, 0.6) is 0 Å². The Bertz CT molecular complexity index is 564. The van der Waals surface area contributed by atoms with Gasteiger partial charge in [0.05, 0.1) is 6.10 Å². The molecule has 118 valence electrons. The molecule has 6 heteroatoms. The van der Waals surface area contributed by atoms with E-state index in [0.29, 0.717) is 17.7 Å². The van der Waals surface area contributed by atoms with Crippen molar-refractivity contribution >= 4 is 5.95 Å². The Labute approximate surface area is 131 Å². The number of nitriles is 1. The van der Waals surface area contributed by atoms with E-state index in [1.54, 1.807) is 13.2 Å². The average Bonchev–Trinajstić information content (AvgIpc) is 3.16. The molecular formula is C16H23N5O. The van der Waals surface area contributed by atoms with Crippen LogP contribution >= 0.6 is 0 Å². The highest BCUT2D eigenvalue weighted by molar-refractivity contribution is 5.39. The highest BCUT2D eigenvalue weighted by Crippen LogP contribution is 2.26. The third-order valence-corrected chi connectivity index (χ3v) is 4.59. The summed E-state index contributed by atoms with van der Waals surface area (Å²) in [5.74, 6) is 0.667. The molecule has 2 fully saturated rings. The zero-order valence-corrected chi connectivity index (χ0v) is 13.3. The second-order valence-electron chi connectivity index (χ2n) is 6.21. The molecule has 3 rings (SSSR count). The predicted octanol–water partition coefficient (Wildman–Crippen LogP) is 1.35. The van der Waals surface area contributed by atoms with E-state index in [4.69, 9.17) is 10.00 Å². The maximum atomic E-state index is 9.13. The quantitative estimate of drug-likeness (QED) is 0.836. The molecule has 0 aliphatic carbocycles. The number of aryl methyl sites for hydroxylation is 1. The van der Waals surface area contributed by atoms with Crippen LogP contribution in [-0.2, 0) is 4.74 Å². The molecular weight excluding hydrogens is 278 g/mol. The Morgan fingerprint density at radius 2 is 2.14 bits per heavy atom. The minimum absolute atomic E-state index is 0.210. The first kappa shape index (κ1) is 15.2. The maximum Gasteiger partial charge on any atom is 0.227 e. The lowest BCUT2D eigenvalue weighted by Crippen LogP contribution is -2.40. The second-order valence-corrected chi connectivity index (χ2v) is 6.21. The van der Waals surface area contributed by atoms with E-state index in [1.165, 1.54) is 25.9 Å². The van der Waals surface area contributed by atoms with Crippen molar-refractivity contribution in [3.8, 4) is 6.07 Å². The van der Waals surface area contributed by atoms with E-state index >= 15 is 0 Å². The number of nitrogens with zero attached hydrogens (tertiary/aromatic N) is 5. The van der Waals surface area contributed by atoms with Gasteiger partial charge in [0.15, 0.2) is 0 Å². The van der Waals surface area contributed by atoms with E-state index in [1.807, 2.05) is 6.92 Å². The van der Waals surface area contributed by atoms with Crippen LogP contribution in [0.4, 0.5) is 5.95 Å². The fraction of sp³-hybridized carbons (Fsp3) is 0.688. The number of likely N-dealkylation sites (tertiary alicyclic amines) is 1. The zero-order valence-electron chi connectivity index (χ0n) is 13.3. The molecule has 0 N–H and O–H groups in total. The molecule has 1 aromatic heterocycles. The molecule has 3 heterocycles.